The second-order valence-electron chi connectivity index (χ2n) is 9.55. The summed E-state index contributed by atoms with van der Waals surface area (Å²) in [5.41, 5.74) is 8.74. The van der Waals surface area contributed by atoms with Crippen molar-refractivity contribution in [3.63, 3.8) is 0 Å². The Bertz CT molecular complexity index is 2120. The molecule has 0 unspecified atom stereocenters. The number of H-pyrrole nitrogens is 1. The molecule has 0 bridgehead atoms. The number of hydrogen-bond donors (Lipinski definition) is 1. The monoisotopic (exact) mass is 503 g/mol. The van der Waals surface area contributed by atoms with Gasteiger partial charge in [0.25, 0.3) is 0 Å². The smallest absolute Gasteiger partial charge is 0.160 e. The van der Waals surface area contributed by atoms with Gasteiger partial charge in [-0.25, -0.2) is 9.97 Å². The molecule has 0 aliphatic heterocycles. The molecule has 0 saturated heterocycles. The van der Waals surface area contributed by atoms with Crippen LogP contribution in [-0.4, -0.2) is 15.0 Å². The van der Waals surface area contributed by atoms with Gasteiger partial charge < -0.3 is 4.98 Å². The SMILES string of the molecule is c1ccc(-c2cccc(-c3nc(-c4ccccc4)nc4c3sc3cc5c(cc34)[nH]c3ccccc35)c2)cc1. The summed E-state index contributed by atoms with van der Waals surface area (Å²) in [6.45, 7) is 0. The third-order valence-corrected chi connectivity index (χ3v) is 8.36. The van der Waals surface area contributed by atoms with Gasteiger partial charge in [-0.15, -0.1) is 11.3 Å². The average Bonchev–Trinajstić information content (AvgIpc) is 3.54. The largest absolute Gasteiger partial charge is 0.354 e. The van der Waals surface area contributed by atoms with E-state index in [-0.39, 0.29) is 0 Å². The summed E-state index contributed by atoms with van der Waals surface area (Å²) in [4.78, 5) is 13.9. The Balaban J connectivity index is 1.43. The minimum absolute atomic E-state index is 0.745. The second-order valence-corrected chi connectivity index (χ2v) is 10.6. The van der Waals surface area contributed by atoms with Gasteiger partial charge in [0.1, 0.15) is 0 Å². The highest BCUT2D eigenvalue weighted by Gasteiger charge is 2.18. The Labute approximate surface area is 223 Å². The highest BCUT2D eigenvalue weighted by molar-refractivity contribution is 7.26. The van der Waals surface area contributed by atoms with Gasteiger partial charge in [-0.05, 0) is 35.4 Å². The molecule has 1 N–H and O–H groups in total. The van der Waals surface area contributed by atoms with Crippen molar-refractivity contribution in [3.05, 3.63) is 121 Å². The third-order valence-electron chi connectivity index (χ3n) is 7.21. The summed E-state index contributed by atoms with van der Waals surface area (Å²) in [7, 11) is 0. The zero-order chi connectivity index (χ0) is 25.1. The van der Waals surface area contributed by atoms with E-state index in [1.54, 1.807) is 11.3 Å². The molecule has 38 heavy (non-hydrogen) atoms. The van der Waals surface area contributed by atoms with Gasteiger partial charge >= 0.3 is 0 Å². The summed E-state index contributed by atoms with van der Waals surface area (Å²) < 4.78 is 2.33. The first-order chi connectivity index (χ1) is 18.8. The molecule has 0 fully saturated rings. The molecule has 0 saturated carbocycles. The summed E-state index contributed by atoms with van der Waals surface area (Å²) in [5, 5.41) is 3.64. The van der Waals surface area contributed by atoms with Gasteiger partial charge in [0.05, 0.1) is 15.9 Å². The van der Waals surface area contributed by atoms with Crippen molar-refractivity contribution in [1.82, 2.24) is 15.0 Å². The predicted octanol–water partition coefficient (Wildman–Crippen LogP) is 9.48. The van der Waals surface area contributed by atoms with Crippen molar-refractivity contribution in [1.29, 1.82) is 0 Å². The minimum Gasteiger partial charge on any atom is -0.354 e. The molecule has 0 radical (unpaired) electrons. The molecular formula is C34H21N3S. The number of para-hydroxylation sites is 1. The molecule has 3 aromatic heterocycles. The fourth-order valence-electron chi connectivity index (χ4n) is 5.38. The molecular weight excluding hydrogens is 482 g/mol. The minimum atomic E-state index is 0.745. The summed E-state index contributed by atoms with van der Waals surface area (Å²) in [6, 6.07) is 42.5. The van der Waals surface area contributed by atoms with Crippen molar-refractivity contribution < 1.29 is 0 Å². The summed E-state index contributed by atoms with van der Waals surface area (Å²) in [6.07, 6.45) is 0. The molecule has 0 aliphatic rings. The van der Waals surface area contributed by atoms with Gasteiger partial charge in [0, 0.05) is 43.0 Å². The number of fused-ring (bicyclic) bond motifs is 6. The normalized spacial score (nSPS) is 11.7. The number of hydrogen-bond acceptors (Lipinski definition) is 3. The number of nitrogens with zero attached hydrogens (tertiary/aromatic N) is 2. The molecule has 3 nitrogen and oxygen atoms in total. The van der Waals surface area contributed by atoms with E-state index in [1.165, 1.54) is 26.6 Å². The molecule has 0 amide bonds. The van der Waals surface area contributed by atoms with Crippen LogP contribution in [0.5, 0.6) is 0 Å². The second kappa shape index (κ2) is 8.37. The number of rotatable bonds is 3. The van der Waals surface area contributed by atoms with Crippen LogP contribution < -0.4 is 0 Å². The Hall–Kier alpha value is -4.80. The van der Waals surface area contributed by atoms with Crippen LogP contribution in [0.2, 0.25) is 0 Å². The lowest BCUT2D eigenvalue weighted by molar-refractivity contribution is 1.24. The standard InChI is InChI=1S/C34H21N3S/c1-3-10-21(11-4-1)23-14-9-15-24(18-23)31-33-32(37-34(36-31)22-12-5-2-6-13-22)27-19-29-26(20-30(27)38-33)25-16-7-8-17-28(25)35-29/h1-20,35H. The number of aromatic nitrogens is 3. The van der Waals surface area contributed by atoms with E-state index >= 15 is 0 Å². The van der Waals surface area contributed by atoms with Gasteiger partial charge in [-0.2, -0.15) is 0 Å². The van der Waals surface area contributed by atoms with E-state index in [1.807, 2.05) is 18.2 Å². The molecule has 4 heteroatoms. The Morgan fingerprint density at radius 1 is 0.500 bits per heavy atom. The van der Waals surface area contributed by atoms with Crippen LogP contribution in [-0.2, 0) is 0 Å². The zero-order valence-electron chi connectivity index (χ0n) is 20.3. The topological polar surface area (TPSA) is 41.6 Å². The van der Waals surface area contributed by atoms with Crippen LogP contribution in [0, 0.1) is 0 Å². The lowest BCUT2D eigenvalue weighted by Gasteiger charge is -2.09. The van der Waals surface area contributed by atoms with Crippen LogP contribution in [0.3, 0.4) is 0 Å². The Morgan fingerprint density at radius 2 is 1.21 bits per heavy atom. The van der Waals surface area contributed by atoms with Crippen molar-refractivity contribution in [2.45, 2.75) is 0 Å². The maximum atomic E-state index is 5.17. The lowest BCUT2D eigenvalue weighted by atomic mass is 10.0. The summed E-state index contributed by atoms with van der Waals surface area (Å²) >= 11 is 1.78. The highest BCUT2D eigenvalue weighted by atomic mass is 32.1. The van der Waals surface area contributed by atoms with Crippen LogP contribution in [0.15, 0.2) is 121 Å². The van der Waals surface area contributed by atoms with Crippen molar-refractivity contribution in [3.8, 4) is 33.8 Å². The van der Waals surface area contributed by atoms with E-state index in [0.29, 0.717) is 0 Å². The number of thiophene rings is 1. The molecule has 3 heterocycles. The quantitative estimate of drug-likeness (QED) is 0.261. The van der Waals surface area contributed by atoms with Crippen molar-refractivity contribution in [2.75, 3.05) is 0 Å². The van der Waals surface area contributed by atoms with Crippen LogP contribution >= 0.6 is 11.3 Å². The predicted molar refractivity (Wildman–Crippen MR) is 161 cm³/mol. The molecule has 5 aromatic carbocycles. The third kappa shape index (κ3) is 3.35. The first-order valence-electron chi connectivity index (χ1n) is 12.7. The molecule has 0 aliphatic carbocycles. The maximum absolute atomic E-state index is 5.17. The van der Waals surface area contributed by atoms with Gasteiger partial charge in [0.2, 0.25) is 0 Å². The Morgan fingerprint density at radius 3 is 2.05 bits per heavy atom. The molecule has 178 valence electrons. The zero-order valence-corrected chi connectivity index (χ0v) is 21.2. The molecule has 0 atom stereocenters. The van der Waals surface area contributed by atoms with Gasteiger partial charge in [-0.3, -0.25) is 0 Å². The number of nitrogens with one attached hydrogen (secondary N) is 1. The van der Waals surface area contributed by atoms with Gasteiger partial charge in [0.15, 0.2) is 5.82 Å². The maximum Gasteiger partial charge on any atom is 0.160 e. The van der Waals surface area contributed by atoms with E-state index in [0.717, 1.165) is 49.3 Å². The van der Waals surface area contributed by atoms with Gasteiger partial charge in [-0.1, -0.05) is 97.1 Å². The number of benzene rings is 5. The van der Waals surface area contributed by atoms with Crippen LogP contribution in [0.4, 0.5) is 0 Å². The van der Waals surface area contributed by atoms with E-state index in [9.17, 15) is 0 Å². The van der Waals surface area contributed by atoms with E-state index in [4.69, 9.17) is 9.97 Å². The fraction of sp³-hybridized carbons (Fsp3) is 0. The average molecular weight is 504 g/mol. The fourth-order valence-corrected chi connectivity index (χ4v) is 6.55. The lowest BCUT2D eigenvalue weighted by Crippen LogP contribution is -1.93. The van der Waals surface area contributed by atoms with Crippen molar-refractivity contribution in [2.24, 2.45) is 0 Å². The van der Waals surface area contributed by atoms with Crippen molar-refractivity contribution >= 4 is 53.4 Å². The van der Waals surface area contributed by atoms with E-state index < -0.39 is 0 Å². The highest BCUT2D eigenvalue weighted by Crippen LogP contribution is 2.42. The first kappa shape index (κ1) is 21.3. The Kier molecular flexibility index (Phi) is 4.69. The molecule has 8 aromatic rings. The molecule has 0 spiro atoms. The number of aromatic amines is 1. The van der Waals surface area contributed by atoms with Crippen LogP contribution in [0.1, 0.15) is 0 Å². The summed E-state index contributed by atoms with van der Waals surface area (Å²) in [5.74, 6) is 0.745. The van der Waals surface area contributed by atoms with Crippen LogP contribution in [0.25, 0.3) is 75.9 Å². The molecule has 8 rings (SSSR count). The van der Waals surface area contributed by atoms with E-state index in [2.05, 4.69) is 108 Å². The first-order valence-corrected chi connectivity index (χ1v) is 13.5.